The molecule has 96 valence electrons. The van der Waals surface area contributed by atoms with Crippen molar-refractivity contribution in [3.05, 3.63) is 65.1 Å². The van der Waals surface area contributed by atoms with Gasteiger partial charge in [0.25, 0.3) is 0 Å². The number of aromatic amines is 1. The van der Waals surface area contributed by atoms with Crippen LogP contribution in [0.2, 0.25) is 5.02 Å². The second-order valence-corrected chi connectivity index (χ2v) is 4.76. The minimum absolute atomic E-state index is 0.339. The maximum absolute atomic E-state index is 13.6. The van der Waals surface area contributed by atoms with Crippen molar-refractivity contribution in [3.63, 3.8) is 0 Å². The number of fused-ring (bicyclic) bond motifs is 1. The summed E-state index contributed by atoms with van der Waals surface area (Å²) in [5.74, 6) is -0.339. The predicted octanol–water partition coefficient (Wildman–Crippen LogP) is 4.57. The third-order valence-electron chi connectivity index (χ3n) is 3.05. The van der Waals surface area contributed by atoms with Crippen LogP contribution in [-0.4, -0.2) is 4.98 Å². The van der Waals surface area contributed by atoms with Gasteiger partial charge >= 0.3 is 0 Å². The van der Waals surface area contributed by atoms with Gasteiger partial charge in [0.05, 0.1) is 10.7 Å². The summed E-state index contributed by atoms with van der Waals surface area (Å²) >= 11 is 5.96. The van der Waals surface area contributed by atoms with Gasteiger partial charge in [0.1, 0.15) is 5.82 Å². The second-order valence-electron chi connectivity index (χ2n) is 4.35. The maximum atomic E-state index is 13.6. The van der Waals surface area contributed by atoms with E-state index in [9.17, 15) is 4.39 Å². The predicted molar refractivity (Wildman–Crippen MR) is 77.0 cm³/mol. The highest BCUT2D eigenvalue weighted by Gasteiger charge is 2.06. The monoisotopic (exact) mass is 274 g/mol. The summed E-state index contributed by atoms with van der Waals surface area (Å²) in [6.07, 6.45) is 1.90. The molecule has 0 aliphatic heterocycles. The number of aromatic nitrogens is 1. The van der Waals surface area contributed by atoms with Crippen LogP contribution >= 0.6 is 11.6 Å². The number of hydrogen-bond donors (Lipinski definition) is 2. The minimum atomic E-state index is -0.339. The van der Waals surface area contributed by atoms with Gasteiger partial charge in [-0.3, -0.25) is 0 Å². The first-order valence-electron chi connectivity index (χ1n) is 5.98. The molecule has 0 amide bonds. The van der Waals surface area contributed by atoms with E-state index < -0.39 is 0 Å². The summed E-state index contributed by atoms with van der Waals surface area (Å²) in [6, 6.07) is 12.7. The number of nitrogens with one attached hydrogen (secondary N) is 2. The van der Waals surface area contributed by atoms with Crippen molar-refractivity contribution < 1.29 is 4.39 Å². The largest absolute Gasteiger partial charge is 0.377 e. The number of anilines is 1. The SMILES string of the molecule is Fc1cccc(Cl)c1NCc1ccc2cc[nH]c2c1. The molecule has 0 bridgehead atoms. The molecule has 0 radical (unpaired) electrons. The first-order chi connectivity index (χ1) is 9.24. The quantitative estimate of drug-likeness (QED) is 0.719. The van der Waals surface area contributed by atoms with Crippen LogP contribution in [0.5, 0.6) is 0 Å². The molecule has 0 saturated carbocycles. The van der Waals surface area contributed by atoms with Gasteiger partial charge in [0.15, 0.2) is 0 Å². The highest BCUT2D eigenvalue weighted by Crippen LogP contribution is 2.25. The highest BCUT2D eigenvalue weighted by atomic mass is 35.5. The summed E-state index contributed by atoms with van der Waals surface area (Å²) in [5, 5.41) is 4.58. The van der Waals surface area contributed by atoms with E-state index in [0.717, 1.165) is 16.5 Å². The van der Waals surface area contributed by atoms with Crippen LogP contribution in [0.1, 0.15) is 5.56 Å². The molecule has 2 aromatic carbocycles. The van der Waals surface area contributed by atoms with E-state index in [4.69, 9.17) is 11.6 Å². The molecule has 2 N–H and O–H groups in total. The Morgan fingerprint density at radius 2 is 2.05 bits per heavy atom. The lowest BCUT2D eigenvalue weighted by Gasteiger charge is -2.09. The zero-order valence-corrected chi connectivity index (χ0v) is 10.8. The van der Waals surface area contributed by atoms with Gasteiger partial charge in [-0.1, -0.05) is 29.8 Å². The van der Waals surface area contributed by atoms with Gasteiger partial charge in [-0.15, -0.1) is 0 Å². The Bertz CT molecular complexity index is 701. The number of H-pyrrole nitrogens is 1. The van der Waals surface area contributed by atoms with Crippen LogP contribution in [0, 0.1) is 5.82 Å². The lowest BCUT2D eigenvalue weighted by atomic mass is 10.1. The van der Waals surface area contributed by atoms with Crippen LogP contribution in [0.15, 0.2) is 48.7 Å². The van der Waals surface area contributed by atoms with Gasteiger partial charge in [-0.05, 0) is 35.2 Å². The van der Waals surface area contributed by atoms with E-state index in [2.05, 4.69) is 10.3 Å². The van der Waals surface area contributed by atoms with E-state index in [1.807, 2.05) is 30.5 Å². The zero-order valence-electron chi connectivity index (χ0n) is 10.1. The number of halogens is 2. The van der Waals surface area contributed by atoms with E-state index >= 15 is 0 Å². The summed E-state index contributed by atoms with van der Waals surface area (Å²) in [6.45, 7) is 0.523. The van der Waals surface area contributed by atoms with Crippen molar-refractivity contribution in [2.75, 3.05) is 5.32 Å². The van der Waals surface area contributed by atoms with Crippen molar-refractivity contribution in [1.82, 2.24) is 4.98 Å². The number of rotatable bonds is 3. The van der Waals surface area contributed by atoms with Crippen molar-refractivity contribution in [1.29, 1.82) is 0 Å². The van der Waals surface area contributed by atoms with Crippen molar-refractivity contribution in [2.24, 2.45) is 0 Å². The lowest BCUT2D eigenvalue weighted by molar-refractivity contribution is 0.630. The topological polar surface area (TPSA) is 27.8 Å². The molecule has 0 fully saturated rings. The van der Waals surface area contributed by atoms with Crippen LogP contribution in [0.25, 0.3) is 10.9 Å². The minimum Gasteiger partial charge on any atom is -0.377 e. The van der Waals surface area contributed by atoms with Crippen LogP contribution in [-0.2, 0) is 6.54 Å². The van der Waals surface area contributed by atoms with Crippen molar-refractivity contribution >= 4 is 28.2 Å². The Balaban J connectivity index is 1.82. The first kappa shape index (κ1) is 12.1. The number of hydrogen-bond acceptors (Lipinski definition) is 1. The van der Waals surface area contributed by atoms with Crippen LogP contribution < -0.4 is 5.32 Å². The Labute approximate surface area is 115 Å². The van der Waals surface area contributed by atoms with Gasteiger partial charge in [0.2, 0.25) is 0 Å². The summed E-state index contributed by atoms with van der Waals surface area (Å²) in [5.41, 5.74) is 2.48. The average molecular weight is 275 g/mol. The van der Waals surface area contributed by atoms with Gasteiger partial charge in [-0.25, -0.2) is 4.39 Å². The van der Waals surface area contributed by atoms with Crippen LogP contribution in [0.3, 0.4) is 0 Å². The highest BCUT2D eigenvalue weighted by molar-refractivity contribution is 6.33. The molecule has 1 aromatic heterocycles. The summed E-state index contributed by atoms with van der Waals surface area (Å²) in [4.78, 5) is 3.15. The third kappa shape index (κ3) is 2.42. The standard InChI is InChI=1S/C15H12ClFN2/c16-12-2-1-3-13(17)15(12)19-9-10-4-5-11-6-7-18-14(11)8-10/h1-8,18-19H,9H2. The smallest absolute Gasteiger partial charge is 0.147 e. The molecule has 4 heteroatoms. The van der Waals surface area contributed by atoms with Gasteiger partial charge < -0.3 is 10.3 Å². The molecule has 2 nitrogen and oxygen atoms in total. The molecule has 0 aliphatic carbocycles. The van der Waals surface area contributed by atoms with E-state index in [1.54, 1.807) is 12.1 Å². The number of para-hydroxylation sites is 1. The molecule has 0 aliphatic rings. The van der Waals surface area contributed by atoms with E-state index in [0.29, 0.717) is 17.3 Å². The Kier molecular flexibility index (Phi) is 3.13. The molecule has 1 heterocycles. The van der Waals surface area contributed by atoms with Crippen LogP contribution in [0.4, 0.5) is 10.1 Å². The molecule has 19 heavy (non-hydrogen) atoms. The average Bonchev–Trinajstić information content (AvgIpc) is 2.85. The van der Waals surface area contributed by atoms with Crippen molar-refractivity contribution in [2.45, 2.75) is 6.54 Å². The molecule has 0 unspecified atom stereocenters. The lowest BCUT2D eigenvalue weighted by Crippen LogP contribution is -2.02. The Hall–Kier alpha value is -2.00. The molecule has 0 atom stereocenters. The molecule has 3 rings (SSSR count). The van der Waals surface area contributed by atoms with E-state index in [1.165, 1.54) is 6.07 Å². The summed E-state index contributed by atoms with van der Waals surface area (Å²) < 4.78 is 13.6. The molecule has 3 aromatic rings. The first-order valence-corrected chi connectivity index (χ1v) is 6.36. The fraction of sp³-hybridized carbons (Fsp3) is 0.0667. The zero-order chi connectivity index (χ0) is 13.2. The second kappa shape index (κ2) is 4.94. The molecule has 0 spiro atoms. The van der Waals surface area contributed by atoms with Gasteiger partial charge in [0, 0.05) is 18.3 Å². The fourth-order valence-corrected chi connectivity index (χ4v) is 2.29. The number of benzene rings is 2. The van der Waals surface area contributed by atoms with Gasteiger partial charge in [-0.2, -0.15) is 0 Å². The van der Waals surface area contributed by atoms with E-state index in [-0.39, 0.29) is 5.82 Å². The third-order valence-corrected chi connectivity index (χ3v) is 3.37. The summed E-state index contributed by atoms with van der Waals surface area (Å²) in [7, 11) is 0. The Morgan fingerprint density at radius 3 is 2.89 bits per heavy atom. The molecule has 0 saturated heterocycles. The van der Waals surface area contributed by atoms with Crippen molar-refractivity contribution in [3.8, 4) is 0 Å². The normalized spacial score (nSPS) is 10.8. The molecular formula is C15H12ClFN2. The Morgan fingerprint density at radius 1 is 1.16 bits per heavy atom. The maximum Gasteiger partial charge on any atom is 0.147 e. The fourth-order valence-electron chi connectivity index (χ4n) is 2.06. The molecular weight excluding hydrogens is 263 g/mol.